The van der Waals surface area contributed by atoms with Crippen LogP contribution in [-0.2, 0) is 4.79 Å². The van der Waals surface area contributed by atoms with E-state index in [9.17, 15) is 4.79 Å². The number of nitrogens with zero attached hydrogens (tertiary/aromatic N) is 2. The molecule has 0 atom stereocenters. The molecule has 3 heteroatoms. The molecule has 1 amide bonds. The van der Waals surface area contributed by atoms with Crippen molar-refractivity contribution in [3.8, 4) is 0 Å². The van der Waals surface area contributed by atoms with Gasteiger partial charge in [-0.05, 0) is 55.7 Å². The van der Waals surface area contributed by atoms with Gasteiger partial charge < -0.3 is 4.90 Å². The lowest BCUT2D eigenvalue weighted by molar-refractivity contribution is -0.106. The van der Waals surface area contributed by atoms with Gasteiger partial charge in [-0.25, -0.2) is 4.99 Å². The highest BCUT2D eigenvalue weighted by Gasteiger charge is 2.05. The van der Waals surface area contributed by atoms with Crippen molar-refractivity contribution in [1.82, 2.24) is 4.90 Å². The van der Waals surface area contributed by atoms with Crippen molar-refractivity contribution in [3.05, 3.63) is 46.7 Å². The van der Waals surface area contributed by atoms with E-state index < -0.39 is 0 Å². The number of aryl methyl sites for hydroxylation is 2. The van der Waals surface area contributed by atoms with Crippen LogP contribution in [0.5, 0.6) is 0 Å². The molecule has 0 bridgehead atoms. The van der Waals surface area contributed by atoms with E-state index in [4.69, 9.17) is 0 Å². The normalized spacial score (nSPS) is 11.9. The monoisotopic (exact) mass is 244 g/mol. The van der Waals surface area contributed by atoms with Crippen molar-refractivity contribution in [1.29, 1.82) is 0 Å². The van der Waals surface area contributed by atoms with Crippen LogP contribution in [0.15, 0.2) is 29.4 Å². The van der Waals surface area contributed by atoms with Crippen LogP contribution >= 0.6 is 0 Å². The van der Waals surface area contributed by atoms with Crippen LogP contribution < -0.4 is 0 Å². The standard InChI is InChI=1S/C15H20N2O/c1-11-8-14(9-12(2)13(11)3)15(16-10-18)6-7-17(4)5/h6-10H,1-5H3/b7-6-,16-15+. The van der Waals surface area contributed by atoms with Crippen LogP contribution in [0.1, 0.15) is 22.3 Å². The fraction of sp³-hybridized carbons (Fsp3) is 0.333. The van der Waals surface area contributed by atoms with E-state index >= 15 is 0 Å². The summed E-state index contributed by atoms with van der Waals surface area (Å²) in [5, 5.41) is 0. The first kappa shape index (κ1) is 14.2. The third-order valence-electron chi connectivity index (χ3n) is 2.95. The zero-order valence-corrected chi connectivity index (χ0v) is 11.7. The fourth-order valence-electron chi connectivity index (χ4n) is 1.67. The maximum Gasteiger partial charge on any atom is 0.233 e. The highest BCUT2D eigenvalue weighted by atomic mass is 16.1. The first-order valence-corrected chi connectivity index (χ1v) is 5.90. The van der Waals surface area contributed by atoms with Gasteiger partial charge in [-0.1, -0.05) is 0 Å². The van der Waals surface area contributed by atoms with Gasteiger partial charge in [0.05, 0.1) is 5.71 Å². The molecule has 0 heterocycles. The molecule has 0 aliphatic heterocycles. The van der Waals surface area contributed by atoms with Gasteiger partial charge in [0.25, 0.3) is 0 Å². The molecule has 0 N–H and O–H groups in total. The lowest BCUT2D eigenvalue weighted by Gasteiger charge is -2.09. The van der Waals surface area contributed by atoms with Crippen LogP contribution in [0.3, 0.4) is 0 Å². The van der Waals surface area contributed by atoms with Gasteiger partial charge in [0.1, 0.15) is 0 Å². The molecule has 1 rings (SSSR count). The van der Waals surface area contributed by atoms with Gasteiger partial charge in [-0.3, -0.25) is 4.79 Å². The second-order valence-corrected chi connectivity index (χ2v) is 4.63. The number of hydrogen-bond donors (Lipinski definition) is 0. The van der Waals surface area contributed by atoms with Gasteiger partial charge >= 0.3 is 0 Å². The first-order chi connectivity index (χ1) is 8.45. The number of benzene rings is 1. The van der Waals surface area contributed by atoms with Crippen LogP contribution in [0.25, 0.3) is 0 Å². The summed E-state index contributed by atoms with van der Waals surface area (Å²) in [5.41, 5.74) is 5.36. The number of allylic oxidation sites excluding steroid dienone is 1. The summed E-state index contributed by atoms with van der Waals surface area (Å²) in [6.07, 6.45) is 4.31. The Kier molecular flexibility index (Phi) is 4.84. The fourth-order valence-corrected chi connectivity index (χ4v) is 1.67. The molecule has 0 unspecified atom stereocenters. The number of amides is 1. The summed E-state index contributed by atoms with van der Waals surface area (Å²) < 4.78 is 0. The molecule has 3 nitrogen and oxygen atoms in total. The van der Waals surface area contributed by atoms with Crippen molar-refractivity contribution in [2.24, 2.45) is 4.99 Å². The van der Waals surface area contributed by atoms with Crippen molar-refractivity contribution in [2.45, 2.75) is 20.8 Å². The molecule has 0 radical (unpaired) electrons. The molecule has 0 fully saturated rings. The zero-order valence-electron chi connectivity index (χ0n) is 11.7. The van der Waals surface area contributed by atoms with E-state index in [2.05, 4.69) is 37.9 Å². The van der Waals surface area contributed by atoms with Crippen molar-refractivity contribution < 1.29 is 4.79 Å². The third-order valence-corrected chi connectivity index (χ3v) is 2.95. The number of rotatable bonds is 4. The number of carbonyl (C=O) groups is 1. The maximum atomic E-state index is 10.6. The minimum Gasteiger partial charge on any atom is -0.383 e. The molecule has 1 aromatic rings. The molecule has 0 aliphatic carbocycles. The molecule has 0 spiro atoms. The molecule has 0 saturated heterocycles. The van der Waals surface area contributed by atoms with Crippen molar-refractivity contribution >= 4 is 12.1 Å². The average molecular weight is 244 g/mol. The maximum absolute atomic E-state index is 10.6. The Balaban J connectivity index is 3.23. The topological polar surface area (TPSA) is 32.7 Å². The minimum absolute atomic E-state index is 0.583. The molecular formula is C15H20N2O. The predicted octanol–water partition coefficient (Wildman–Crippen LogP) is 2.63. The van der Waals surface area contributed by atoms with E-state index in [0.29, 0.717) is 12.1 Å². The lowest BCUT2D eigenvalue weighted by atomic mass is 9.98. The summed E-state index contributed by atoms with van der Waals surface area (Å²) in [6.45, 7) is 6.24. The molecule has 1 aromatic carbocycles. The molecule has 18 heavy (non-hydrogen) atoms. The summed E-state index contributed by atoms with van der Waals surface area (Å²) >= 11 is 0. The smallest absolute Gasteiger partial charge is 0.233 e. The van der Waals surface area contributed by atoms with E-state index in [1.807, 2.05) is 31.3 Å². The van der Waals surface area contributed by atoms with E-state index in [-0.39, 0.29) is 0 Å². The highest BCUT2D eigenvalue weighted by molar-refractivity contribution is 6.11. The molecular weight excluding hydrogens is 224 g/mol. The van der Waals surface area contributed by atoms with Gasteiger partial charge in [0, 0.05) is 25.9 Å². The largest absolute Gasteiger partial charge is 0.383 e. The summed E-state index contributed by atoms with van der Waals surface area (Å²) in [6, 6.07) is 4.12. The molecule has 0 saturated carbocycles. The van der Waals surface area contributed by atoms with Crippen molar-refractivity contribution in [3.63, 3.8) is 0 Å². The first-order valence-electron chi connectivity index (χ1n) is 5.90. The zero-order chi connectivity index (χ0) is 13.7. The van der Waals surface area contributed by atoms with E-state index in [0.717, 1.165) is 5.56 Å². The summed E-state index contributed by atoms with van der Waals surface area (Å²) in [4.78, 5) is 16.4. The summed E-state index contributed by atoms with van der Waals surface area (Å²) in [5.74, 6) is 0. The third kappa shape index (κ3) is 3.55. The Labute approximate surface area is 109 Å². The Morgan fingerprint density at radius 2 is 1.72 bits per heavy atom. The van der Waals surface area contributed by atoms with Crippen molar-refractivity contribution in [2.75, 3.05) is 14.1 Å². The average Bonchev–Trinajstić information content (AvgIpc) is 2.30. The highest BCUT2D eigenvalue weighted by Crippen LogP contribution is 2.16. The Bertz CT molecular complexity index is 476. The quantitative estimate of drug-likeness (QED) is 0.602. The molecule has 96 valence electrons. The second kappa shape index (κ2) is 6.15. The van der Waals surface area contributed by atoms with Gasteiger partial charge in [-0.2, -0.15) is 0 Å². The lowest BCUT2D eigenvalue weighted by Crippen LogP contribution is -2.05. The van der Waals surface area contributed by atoms with Crippen LogP contribution in [0.2, 0.25) is 0 Å². The minimum atomic E-state index is 0.583. The van der Waals surface area contributed by atoms with Crippen LogP contribution in [0.4, 0.5) is 0 Å². The van der Waals surface area contributed by atoms with Gasteiger partial charge in [0.2, 0.25) is 6.41 Å². The van der Waals surface area contributed by atoms with E-state index in [1.165, 1.54) is 16.7 Å². The van der Waals surface area contributed by atoms with E-state index in [1.54, 1.807) is 0 Å². The van der Waals surface area contributed by atoms with Gasteiger partial charge in [0.15, 0.2) is 0 Å². The second-order valence-electron chi connectivity index (χ2n) is 4.63. The Hall–Kier alpha value is -1.90. The number of aliphatic imine (C=N–C) groups is 1. The summed E-state index contributed by atoms with van der Waals surface area (Å²) in [7, 11) is 3.86. The van der Waals surface area contributed by atoms with Gasteiger partial charge in [-0.15, -0.1) is 0 Å². The van der Waals surface area contributed by atoms with Crippen LogP contribution in [-0.4, -0.2) is 31.1 Å². The molecule has 0 aliphatic rings. The molecule has 0 aromatic heterocycles. The predicted molar refractivity (Wildman–Crippen MR) is 76.1 cm³/mol. The van der Waals surface area contributed by atoms with Crippen LogP contribution in [0, 0.1) is 20.8 Å². The Morgan fingerprint density at radius 3 is 2.17 bits per heavy atom. The number of hydrogen-bond acceptors (Lipinski definition) is 2. The SMILES string of the molecule is Cc1cc(C(/C=C\N(C)C)=N/C=O)cc(C)c1C. The number of carbonyl (C=O) groups excluding carboxylic acids is 1. The Morgan fingerprint density at radius 1 is 1.17 bits per heavy atom.